The summed E-state index contributed by atoms with van der Waals surface area (Å²) in [6, 6.07) is 13.0. The first-order valence-corrected chi connectivity index (χ1v) is 13.1. The van der Waals surface area contributed by atoms with Crippen molar-refractivity contribution >= 4 is 27.4 Å². The molecular weight excluding hydrogens is 448 g/mol. The van der Waals surface area contributed by atoms with Crippen LogP contribution in [0.5, 0.6) is 0 Å². The zero-order valence-electron chi connectivity index (χ0n) is 20.5. The molecule has 1 aliphatic heterocycles. The molecule has 1 aromatic carbocycles. The highest BCUT2D eigenvalue weighted by Crippen LogP contribution is 2.28. The smallest absolute Gasteiger partial charge is 0.260 e. The molecular formula is C29H32N6O. The molecule has 7 heteroatoms. The van der Waals surface area contributed by atoms with Crippen molar-refractivity contribution in [3.63, 3.8) is 0 Å². The summed E-state index contributed by atoms with van der Waals surface area (Å²) in [6.07, 6.45) is 11.4. The quantitative estimate of drug-likeness (QED) is 0.405. The van der Waals surface area contributed by atoms with Crippen molar-refractivity contribution in [2.75, 3.05) is 24.5 Å². The first-order valence-electron chi connectivity index (χ1n) is 13.1. The SMILES string of the molecule is N#CC1CCCN(c2cncc3c(=O)n(Cc4ccc5cc(CNCC6CCC6)[nH]c5c4)ccc23)C1. The van der Waals surface area contributed by atoms with Crippen molar-refractivity contribution in [1.29, 1.82) is 5.26 Å². The third-order valence-corrected chi connectivity index (χ3v) is 7.89. The van der Waals surface area contributed by atoms with Crippen molar-refractivity contribution in [3.05, 3.63) is 70.5 Å². The summed E-state index contributed by atoms with van der Waals surface area (Å²) in [7, 11) is 0. The van der Waals surface area contributed by atoms with Gasteiger partial charge in [-0.05, 0) is 67.3 Å². The standard InChI is InChI=1S/C29H32N6O/c30-13-22-5-2-9-34(19-22)28-17-32-16-26-25(28)8-10-35(29(26)36)18-21-6-7-23-12-24(33-27(23)11-21)15-31-14-20-3-1-4-20/h6-8,10-12,16-17,20,22,31,33H,1-5,9,14-15,18-19H2. The zero-order valence-corrected chi connectivity index (χ0v) is 20.5. The predicted molar refractivity (Wildman–Crippen MR) is 143 cm³/mol. The van der Waals surface area contributed by atoms with Crippen LogP contribution >= 0.6 is 0 Å². The van der Waals surface area contributed by atoms with Crippen molar-refractivity contribution in [2.45, 2.75) is 45.2 Å². The number of hydrogen-bond acceptors (Lipinski definition) is 5. The average Bonchev–Trinajstić information content (AvgIpc) is 3.29. The zero-order chi connectivity index (χ0) is 24.5. The number of nitrogens with zero attached hydrogens (tertiary/aromatic N) is 4. The van der Waals surface area contributed by atoms with Gasteiger partial charge in [0.25, 0.3) is 5.56 Å². The normalized spacial score (nSPS) is 18.4. The van der Waals surface area contributed by atoms with Gasteiger partial charge in [0.1, 0.15) is 0 Å². The van der Waals surface area contributed by atoms with Gasteiger partial charge < -0.3 is 19.8 Å². The monoisotopic (exact) mass is 480 g/mol. The third kappa shape index (κ3) is 4.49. The van der Waals surface area contributed by atoms with Gasteiger partial charge in [-0.15, -0.1) is 0 Å². The molecule has 0 bridgehead atoms. The van der Waals surface area contributed by atoms with E-state index in [9.17, 15) is 10.1 Å². The molecule has 1 aliphatic carbocycles. The second-order valence-electron chi connectivity index (χ2n) is 10.4. The fourth-order valence-corrected chi connectivity index (χ4v) is 5.60. The van der Waals surface area contributed by atoms with Crippen molar-refractivity contribution in [3.8, 4) is 6.07 Å². The minimum absolute atomic E-state index is 0.0244. The van der Waals surface area contributed by atoms with Gasteiger partial charge in [0.15, 0.2) is 0 Å². The maximum atomic E-state index is 13.4. The van der Waals surface area contributed by atoms with E-state index in [4.69, 9.17) is 0 Å². The molecule has 1 saturated heterocycles. The fraction of sp³-hybridized carbons (Fsp3) is 0.414. The van der Waals surface area contributed by atoms with Gasteiger partial charge in [-0.3, -0.25) is 9.78 Å². The van der Waals surface area contributed by atoms with Crippen LogP contribution in [-0.2, 0) is 13.1 Å². The highest BCUT2D eigenvalue weighted by molar-refractivity contribution is 5.92. The Hall–Kier alpha value is -3.63. The summed E-state index contributed by atoms with van der Waals surface area (Å²) >= 11 is 0. The van der Waals surface area contributed by atoms with E-state index in [1.807, 2.05) is 18.5 Å². The van der Waals surface area contributed by atoms with Gasteiger partial charge in [0.05, 0.1) is 35.8 Å². The number of nitriles is 1. The number of anilines is 1. The average molecular weight is 481 g/mol. The third-order valence-electron chi connectivity index (χ3n) is 7.89. The summed E-state index contributed by atoms with van der Waals surface area (Å²) < 4.78 is 1.76. The van der Waals surface area contributed by atoms with Crippen LogP contribution in [0.25, 0.3) is 21.7 Å². The number of nitrogens with one attached hydrogen (secondary N) is 2. The number of H-pyrrole nitrogens is 1. The predicted octanol–water partition coefficient (Wildman–Crippen LogP) is 4.56. The molecule has 4 aromatic rings. The Balaban J connectivity index is 1.21. The molecule has 184 valence electrons. The van der Waals surface area contributed by atoms with Crippen LogP contribution in [0.15, 0.2) is 53.7 Å². The molecule has 6 rings (SSSR count). The number of aromatic nitrogens is 3. The Bertz CT molecular complexity index is 1490. The molecule has 7 nitrogen and oxygen atoms in total. The van der Waals surface area contributed by atoms with Gasteiger partial charge in [-0.25, -0.2) is 0 Å². The van der Waals surface area contributed by atoms with E-state index < -0.39 is 0 Å². The van der Waals surface area contributed by atoms with Gasteiger partial charge in [-0.1, -0.05) is 18.6 Å². The number of rotatable bonds is 7. The number of fused-ring (bicyclic) bond motifs is 2. The second kappa shape index (κ2) is 9.79. The Morgan fingerprint density at radius 2 is 2.03 bits per heavy atom. The van der Waals surface area contributed by atoms with Gasteiger partial charge in [-0.2, -0.15) is 5.26 Å². The Morgan fingerprint density at radius 1 is 1.11 bits per heavy atom. The van der Waals surface area contributed by atoms with E-state index in [0.29, 0.717) is 18.5 Å². The minimum atomic E-state index is -0.0387. The number of piperidine rings is 1. The van der Waals surface area contributed by atoms with E-state index in [2.05, 4.69) is 50.5 Å². The van der Waals surface area contributed by atoms with Crippen LogP contribution in [-0.4, -0.2) is 34.2 Å². The van der Waals surface area contributed by atoms with E-state index in [0.717, 1.165) is 60.5 Å². The van der Waals surface area contributed by atoms with Gasteiger partial charge in [0, 0.05) is 48.6 Å². The summed E-state index contributed by atoms with van der Waals surface area (Å²) in [5.41, 5.74) is 4.28. The largest absolute Gasteiger partial charge is 0.368 e. The molecule has 2 aliphatic rings. The van der Waals surface area contributed by atoms with Crippen LogP contribution in [0.3, 0.4) is 0 Å². The molecule has 2 fully saturated rings. The van der Waals surface area contributed by atoms with E-state index >= 15 is 0 Å². The first-order chi connectivity index (χ1) is 17.7. The molecule has 1 saturated carbocycles. The van der Waals surface area contributed by atoms with Crippen molar-refractivity contribution in [2.24, 2.45) is 11.8 Å². The molecule has 2 N–H and O–H groups in total. The fourth-order valence-electron chi connectivity index (χ4n) is 5.60. The molecule has 4 heterocycles. The van der Waals surface area contributed by atoms with E-state index in [1.54, 1.807) is 10.8 Å². The Labute approximate surface area is 210 Å². The highest BCUT2D eigenvalue weighted by Gasteiger charge is 2.22. The molecule has 1 unspecified atom stereocenters. The summed E-state index contributed by atoms with van der Waals surface area (Å²) in [6.45, 7) is 4.03. The molecule has 3 aromatic heterocycles. The van der Waals surface area contributed by atoms with Gasteiger partial charge >= 0.3 is 0 Å². The number of hydrogen-bond donors (Lipinski definition) is 2. The molecule has 0 spiro atoms. The summed E-state index contributed by atoms with van der Waals surface area (Å²) in [5, 5.41) is 15.7. The van der Waals surface area contributed by atoms with Gasteiger partial charge in [0.2, 0.25) is 0 Å². The molecule has 36 heavy (non-hydrogen) atoms. The number of aromatic amines is 1. The molecule has 1 atom stereocenters. The van der Waals surface area contributed by atoms with Crippen LogP contribution in [0.1, 0.15) is 43.4 Å². The molecule has 0 amide bonds. The molecule has 0 radical (unpaired) electrons. The lowest BCUT2D eigenvalue weighted by molar-refractivity contribution is 0.301. The lowest BCUT2D eigenvalue weighted by Crippen LogP contribution is -2.35. The van der Waals surface area contributed by atoms with Crippen LogP contribution in [0, 0.1) is 23.2 Å². The number of benzene rings is 1. The van der Waals surface area contributed by atoms with Crippen LogP contribution in [0.4, 0.5) is 5.69 Å². The summed E-state index contributed by atoms with van der Waals surface area (Å²) in [5.74, 6) is 0.873. The first kappa shape index (κ1) is 22.8. The number of pyridine rings is 2. The Morgan fingerprint density at radius 3 is 2.86 bits per heavy atom. The van der Waals surface area contributed by atoms with Crippen molar-refractivity contribution in [1.82, 2.24) is 19.9 Å². The van der Waals surface area contributed by atoms with Crippen LogP contribution < -0.4 is 15.8 Å². The maximum absolute atomic E-state index is 13.4. The minimum Gasteiger partial charge on any atom is -0.368 e. The van der Waals surface area contributed by atoms with Crippen LogP contribution in [0.2, 0.25) is 0 Å². The summed E-state index contributed by atoms with van der Waals surface area (Å²) in [4.78, 5) is 23.5. The van der Waals surface area contributed by atoms with Crippen molar-refractivity contribution < 1.29 is 0 Å². The lowest BCUT2D eigenvalue weighted by Gasteiger charge is -2.32. The lowest BCUT2D eigenvalue weighted by atomic mass is 9.85. The maximum Gasteiger partial charge on any atom is 0.260 e. The van der Waals surface area contributed by atoms with E-state index in [-0.39, 0.29) is 11.5 Å². The second-order valence-corrected chi connectivity index (χ2v) is 10.4. The van der Waals surface area contributed by atoms with E-state index in [1.165, 1.54) is 30.3 Å². The Kier molecular flexibility index (Phi) is 6.20. The highest BCUT2D eigenvalue weighted by atomic mass is 16.1. The topological polar surface area (TPSA) is 89.7 Å².